The zero-order valence-electron chi connectivity index (χ0n) is 10.7. The summed E-state index contributed by atoms with van der Waals surface area (Å²) in [6, 6.07) is 10.8. The number of nitrogens with zero attached hydrogens (tertiary/aromatic N) is 1. The van der Waals surface area contributed by atoms with Gasteiger partial charge in [0.25, 0.3) is 0 Å². The molecule has 0 heterocycles. The summed E-state index contributed by atoms with van der Waals surface area (Å²) in [5, 5.41) is 13.0. The summed E-state index contributed by atoms with van der Waals surface area (Å²) in [7, 11) is 0. The van der Waals surface area contributed by atoms with E-state index < -0.39 is 0 Å². The van der Waals surface area contributed by atoms with Crippen LogP contribution in [-0.4, -0.2) is 5.54 Å². The third-order valence-corrected chi connectivity index (χ3v) is 3.93. The van der Waals surface area contributed by atoms with E-state index in [0.717, 1.165) is 24.9 Å². The van der Waals surface area contributed by atoms with Crippen LogP contribution in [0.25, 0.3) is 0 Å². The molecule has 0 spiro atoms. The molecule has 0 saturated heterocycles. The minimum atomic E-state index is -0.343. The van der Waals surface area contributed by atoms with E-state index in [2.05, 4.69) is 49.5 Å². The Morgan fingerprint density at radius 1 is 1.41 bits per heavy atom. The summed E-state index contributed by atoms with van der Waals surface area (Å²) < 4.78 is 0. The van der Waals surface area contributed by atoms with Gasteiger partial charge in [-0.1, -0.05) is 31.0 Å². The summed E-state index contributed by atoms with van der Waals surface area (Å²) in [6.07, 6.45) is 4.37. The van der Waals surface area contributed by atoms with Crippen molar-refractivity contribution in [1.82, 2.24) is 0 Å². The van der Waals surface area contributed by atoms with Crippen molar-refractivity contribution in [1.29, 1.82) is 5.26 Å². The highest BCUT2D eigenvalue weighted by atomic mass is 15.0. The largest absolute Gasteiger partial charge is 0.367 e. The summed E-state index contributed by atoms with van der Waals surface area (Å²) in [6.45, 7) is 4.26. The van der Waals surface area contributed by atoms with E-state index in [9.17, 15) is 5.26 Å². The molecule has 1 N–H and O–H groups in total. The molecule has 0 aromatic heterocycles. The van der Waals surface area contributed by atoms with Gasteiger partial charge in [0.05, 0.1) is 6.07 Å². The molecular weight excluding hydrogens is 208 g/mol. The smallest absolute Gasteiger partial charge is 0.128 e. The minimum Gasteiger partial charge on any atom is -0.367 e. The fourth-order valence-electron chi connectivity index (χ4n) is 2.86. The molecule has 1 saturated carbocycles. The van der Waals surface area contributed by atoms with Crippen LogP contribution in [0.4, 0.5) is 5.69 Å². The number of hydrogen-bond donors (Lipinski definition) is 1. The Kier molecular flexibility index (Phi) is 3.38. The van der Waals surface area contributed by atoms with Gasteiger partial charge in [0.15, 0.2) is 0 Å². The first-order valence-electron chi connectivity index (χ1n) is 6.46. The first kappa shape index (κ1) is 12.0. The van der Waals surface area contributed by atoms with E-state index in [1.807, 2.05) is 0 Å². The van der Waals surface area contributed by atoms with Crippen LogP contribution in [-0.2, 0) is 0 Å². The third-order valence-electron chi connectivity index (χ3n) is 3.93. The predicted molar refractivity (Wildman–Crippen MR) is 70.8 cm³/mol. The van der Waals surface area contributed by atoms with Gasteiger partial charge in [-0.05, 0) is 44.2 Å². The second-order valence-corrected chi connectivity index (χ2v) is 5.07. The average molecular weight is 228 g/mol. The molecule has 1 aliphatic rings. The summed E-state index contributed by atoms with van der Waals surface area (Å²) in [5.41, 5.74) is 1.97. The first-order valence-corrected chi connectivity index (χ1v) is 6.46. The molecule has 2 heteroatoms. The molecule has 2 nitrogen and oxygen atoms in total. The lowest BCUT2D eigenvalue weighted by atomic mass is 9.86. The molecule has 2 unspecified atom stereocenters. The van der Waals surface area contributed by atoms with Crippen molar-refractivity contribution in [3.05, 3.63) is 29.8 Å². The maximum atomic E-state index is 9.52. The molecular formula is C15H20N2. The Hall–Kier alpha value is -1.49. The van der Waals surface area contributed by atoms with Crippen LogP contribution in [0.15, 0.2) is 24.3 Å². The quantitative estimate of drug-likeness (QED) is 0.852. The number of aryl methyl sites for hydroxylation is 1. The lowest BCUT2D eigenvalue weighted by Gasteiger charge is -2.30. The molecule has 1 aliphatic carbocycles. The Labute approximate surface area is 104 Å². The van der Waals surface area contributed by atoms with Crippen molar-refractivity contribution in [2.24, 2.45) is 5.92 Å². The third kappa shape index (κ3) is 2.29. The topological polar surface area (TPSA) is 35.8 Å². The van der Waals surface area contributed by atoms with E-state index in [1.54, 1.807) is 0 Å². The maximum Gasteiger partial charge on any atom is 0.128 e. The molecule has 1 aromatic carbocycles. The van der Waals surface area contributed by atoms with Crippen molar-refractivity contribution in [3.63, 3.8) is 0 Å². The molecule has 0 aliphatic heterocycles. The second kappa shape index (κ2) is 4.79. The normalized spacial score (nSPS) is 27.7. The summed E-state index contributed by atoms with van der Waals surface area (Å²) in [5.74, 6) is 0.480. The second-order valence-electron chi connectivity index (χ2n) is 5.07. The van der Waals surface area contributed by atoms with Crippen molar-refractivity contribution in [2.75, 3.05) is 5.32 Å². The number of benzene rings is 1. The minimum absolute atomic E-state index is 0.343. The Morgan fingerprint density at radius 2 is 2.12 bits per heavy atom. The van der Waals surface area contributed by atoms with E-state index in [0.29, 0.717) is 5.92 Å². The first-order chi connectivity index (χ1) is 8.20. The predicted octanol–water partition coefficient (Wildman–Crippen LogP) is 3.88. The average Bonchev–Trinajstić information content (AvgIpc) is 2.75. The lowest BCUT2D eigenvalue weighted by Crippen LogP contribution is -2.40. The molecule has 0 bridgehead atoms. The molecule has 90 valence electrons. The fourth-order valence-corrected chi connectivity index (χ4v) is 2.86. The van der Waals surface area contributed by atoms with Crippen LogP contribution in [0, 0.1) is 24.2 Å². The number of nitriles is 1. The molecule has 2 rings (SSSR count). The van der Waals surface area contributed by atoms with Gasteiger partial charge in [-0.2, -0.15) is 5.26 Å². The standard InChI is InChI=1S/C15H20N2/c1-3-13-5-4-10-15(13,11-16)17-14-8-6-12(2)7-9-14/h6-9,13,17H,3-5,10H2,1-2H3. The molecule has 2 atom stereocenters. The monoisotopic (exact) mass is 228 g/mol. The van der Waals surface area contributed by atoms with Crippen LogP contribution in [0.2, 0.25) is 0 Å². The Morgan fingerprint density at radius 3 is 2.71 bits per heavy atom. The number of rotatable bonds is 3. The zero-order valence-corrected chi connectivity index (χ0v) is 10.7. The SMILES string of the molecule is CCC1CCCC1(C#N)Nc1ccc(C)cc1. The highest BCUT2D eigenvalue weighted by molar-refractivity contribution is 5.49. The van der Waals surface area contributed by atoms with E-state index in [-0.39, 0.29) is 5.54 Å². The number of hydrogen-bond acceptors (Lipinski definition) is 2. The highest BCUT2D eigenvalue weighted by Gasteiger charge is 2.42. The summed E-state index contributed by atoms with van der Waals surface area (Å²) >= 11 is 0. The molecule has 0 amide bonds. The van der Waals surface area contributed by atoms with E-state index >= 15 is 0 Å². The molecule has 17 heavy (non-hydrogen) atoms. The van der Waals surface area contributed by atoms with Gasteiger partial charge >= 0.3 is 0 Å². The molecule has 1 fully saturated rings. The van der Waals surface area contributed by atoms with Gasteiger partial charge in [-0.25, -0.2) is 0 Å². The van der Waals surface area contributed by atoms with E-state index in [1.165, 1.54) is 12.0 Å². The van der Waals surface area contributed by atoms with Crippen LogP contribution < -0.4 is 5.32 Å². The molecule has 1 aromatic rings. The van der Waals surface area contributed by atoms with Crippen molar-refractivity contribution >= 4 is 5.69 Å². The maximum absolute atomic E-state index is 9.52. The lowest BCUT2D eigenvalue weighted by molar-refractivity contribution is 0.414. The summed E-state index contributed by atoms with van der Waals surface area (Å²) in [4.78, 5) is 0. The van der Waals surface area contributed by atoms with Gasteiger partial charge in [-0.15, -0.1) is 0 Å². The van der Waals surface area contributed by atoms with Gasteiger partial charge in [0.1, 0.15) is 5.54 Å². The van der Waals surface area contributed by atoms with Crippen molar-refractivity contribution in [2.45, 2.75) is 45.1 Å². The van der Waals surface area contributed by atoms with Gasteiger partial charge in [0.2, 0.25) is 0 Å². The van der Waals surface area contributed by atoms with Gasteiger partial charge in [-0.3, -0.25) is 0 Å². The Bertz CT molecular complexity index is 416. The van der Waals surface area contributed by atoms with Gasteiger partial charge < -0.3 is 5.32 Å². The van der Waals surface area contributed by atoms with Crippen molar-refractivity contribution < 1.29 is 0 Å². The Balaban J connectivity index is 2.20. The highest BCUT2D eigenvalue weighted by Crippen LogP contribution is 2.39. The van der Waals surface area contributed by atoms with Gasteiger partial charge in [0, 0.05) is 5.69 Å². The van der Waals surface area contributed by atoms with Crippen LogP contribution in [0.5, 0.6) is 0 Å². The molecule has 0 radical (unpaired) electrons. The number of anilines is 1. The zero-order chi connectivity index (χ0) is 12.3. The van der Waals surface area contributed by atoms with Crippen molar-refractivity contribution in [3.8, 4) is 6.07 Å². The fraction of sp³-hybridized carbons (Fsp3) is 0.533. The number of nitrogens with one attached hydrogen (secondary N) is 1. The van der Waals surface area contributed by atoms with Crippen LogP contribution >= 0.6 is 0 Å². The van der Waals surface area contributed by atoms with E-state index in [4.69, 9.17) is 0 Å². The van der Waals surface area contributed by atoms with Crippen LogP contribution in [0.1, 0.15) is 38.2 Å². The van der Waals surface area contributed by atoms with Crippen LogP contribution in [0.3, 0.4) is 0 Å².